The van der Waals surface area contributed by atoms with E-state index in [-0.39, 0.29) is 5.92 Å². The molecule has 1 atom stereocenters. The molecule has 18 heavy (non-hydrogen) atoms. The molecule has 1 unspecified atom stereocenters. The van der Waals surface area contributed by atoms with Crippen molar-refractivity contribution >= 4 is 12.4 Å². The van der Waals surface area contributed by atoms with Gasteiger partial charge >= 0.3 is 5.97 Å². The molecule has 0 aliphatic carbocycles. The van der Waals surface area contributed by atoms with Crippen molar-refractivity contribution in [3.8, 4) is 0 Å². The largest absolute Gasteiger partial charge is 0.480 e. The molecular weight excluding hydrogens is 232 g/mol. The number of carboxylic acid groups (broad SMARTS) is 1. The first kappa shape index (κ1) is 19.2. The van der Waals surface area contributed by atoms with Gasteiger partial charge in [0.05, 0.1) is 0 Å². The number of carboxylic acids is 1. The normalized spacial score (nSPS) is 11.8. The number of likely N-dealkylation sites (N-methyl/N-ethyl adjacent to an activating group) is 1. The minimum absolute atomic E-state index is 0.0669. The zero-order valence-corrected chi connectivity index (χ0v) is 12.5. The summed E-state index contributed by atoms with van der Waals surface area (Å²) in [4.78, 5) is 24.1. The number of carbonyl (C=O) groups excluding carboxylic acids is 1. The number of rotatable bonds is 7. The van der Waals surface area contributed by atoms with E-state index in [0.717, 1.165) is 4.90 Å². The molecule has 0 aromatic carbocycles. The fraction of sp³-hybridized carbons (Fsp3) is 0.846. The molecule has 108 valence electrons. The van der Waals surface area contributed by atoms with E-state index in [2.05, 4.69) is 25.9 Å². The Morgan fingerprint density at radius 3 is 1.89 bits per heavy atom. The Labute approximate surface area is 111 Å². The molecule has 0 fully saturated rings. The quantitative estimate of drug-likeness (QED) is 0.705. The van der Waals surface area contributed by atoms with Crippen LogP contribution in [0.3, 0.4) is 0 Å². The molecular formula is C13H28N2O3. The summed E-state index contributed by atoms with van der Waals surface area (Å²) < 4.78 is 0. The molecule has 0 radical (unpaired) electrons. The van der Waals surface area contributed by atoms with Crippen molar-refractivity contribution in [1.82, 2.24) is 9.80 Å². The second-order valence-corrected chi connectivity index (χ2v) is 4.95. The van der Waals surface area contributed by atoms with E-state index in [1.807, 2.05) is 0 Å². The monoisotopic (exact) mass is 260 g/mol. The second-order valence-electron chi connectivity index (χ2n) is 4.95. The molecule has 0 heterocycles. The van der Waals surface area contributed by atoms with Gasteiger partial charge in [-0.05, 0) is 33.0 Å². The highest BCUT2D eigenvalue weighted by Crippen LogP contribution is 2.06. The van der Waals surface area contributed by atoms with Crippen LogP contribution >= 0.6 is 0 Å². The Bertz CT molecular complexity index is 230. The van der Waals surface area contributed by atoms with Crippen molar-refractivity contribution in [2.75, 3.05) is 27.7 Å². The summed E-state index contributed by atoms with van der Waals surface area (Å²) in [5, 5.41) is 8.64. The summed E-state index contributed by atoms with van der Waals surface area (Å²) >= 11 is 0. The predicted molar refractivity (Wildman–Crippen MR) is 73.6 cm³/mol. The van der Waals surface area contributed by atoms with E-state index >= 15 is 0 Å². The van der Waals surface area contributed by atoms with Crippen molar-refractivity contribution in [3.63, 3.8) is 0 Å². The van der Waals surface area contributed by atoms with Gasteiger partial charge in [-0.3, -0.25) is 4.79 Å². The van der Waals surface area contributed by atoms with Crippen molar-refractivity contribution in [1.29, 1.82) is 0 Å². The van der Waals surface area contributed by atoms with Gasteiger partial charge in [-0.1, -0.05) is 27.2 Å². The maximum Gasteiger partial charge on any atom is 0.326 e. The molecule has 1 N–H and O–H groups in total. The van der Waals surface area contributed by atoms with E-state index < -0.39 is 12.0 Å². The van der Waals surface area contributed by atoms with Crippen molar-refractivity contribution in [2.45, 2.75) is 39.7 Å². The van der Waals surface area contributed by atoms with Crippen LogP contribution in [0.2, 0.25) is 0 Å². The predicted octanol–water partition coefficient (Wildman–Crippen LogP) is 1.53. The average molecular weight is 260 g/mol. The van der Waals surface area contributed by atoms with Crippen LogP contribution in [0.5, 0.6) is 0 Å². The standard InChI is InChI=1S/C7H13NO3.C6H15N/c1-5(2)6(7(10)11)8(3)4-9;1-4-5-6-7(2)3/h4-6H,1-3H3,(H,10,11);4-6H2,1-3H3. The van der Waals surface area contributed by atoms with Crippen molar-refractivity contribution in [2.24, 2.45) is 5.92 Å². The molecule has 5 nitrogen and oxygen atoms in total. The first-order chi connectivity index (χ1) is 8.27. The smallest absolute Gasteiger partial charge is 0.326 e. The van der Waals surface area contributed by atoms with Crippen LogP contribution in [0.1, 0.15) is 33.6 Å². The summed E-state index contributed by atoms with van der Waals surface area (Å²) in [7, 11) is 5.68. The molecule has 0 aromatic heterocycles. The molecule has 0 bridgehead atoms. The summed E-state index contributed by atoms with van der Waals surface area (Å²) in [6.07, 6.45) is 3.16. The van der Waals surface area contributed by atoms with Gasteiger partial charge in [0, 0.05) is 7.05 Å². The topological polar surface area (TPSA) is 60.9 Å². The summed E-state index contributed by atoms with van der Waals surface area (Å²) in [6.45, 7) is 6.97. The zero-order valence-electron chi connectivity index (χ0n) is 12.5. The number of hydrogen-bond donors (Lipinski definition) is 1. The Morgan fingerprint density at radius 2 is 1.78 bits per heavy atom. The van der Waals surface area contributed by atoms with Gasteiger partial charge in [0.1, 0.15) is 6.04 Å². The minimum atomic E-state index is -0.963. The van der Waals surface area contributed by atoms with E-state index in [4.69, 9.17) is 5.11 Å². The van der Waals surface area contributed by atoms with Gasteiger partial charge in [0.2, 0.25) is 6.41 Å². The van der Waals surface area contributed by atoms with Gasteiger partial charge in [0.15, 0.2) is 0 Å². The summed E-state index contributed by atoms with van der Waals surface area (Å²) in [5.41, 5.74) is 0. The van der Waals surface area contributed by atoms with Gasteiger partial charge in [-0.25, -0.2) is 4.79 Å². The highest BCUT2D eigenvalue weighted by molar-refractivity contribution is 5.76. The Hall–Kier alpha value is -1.10. The lowest BCUT2D eigenvalue weighted by molar-refractivity contribution is -0.147. The van der Waals surface area contributed by atoms with Crippen LogP contribution in [0.25, 0.3) is 0 Å². The van der Waals surface area contributed by atoms with Crippen LogP contribution in [0, 0.1) is 5.92 Å². The van der Waals surface area contributed by atoms with Crippen LogP contribution in [0.4, 0.5) is 0 Å². The van der Waals surface area contributed by atoms with E-state index in [1.165, 1.54) is 26.4 Å². The number of unbranched alkanes of at least 4 members (excludes halogenated alkanes) is 1. The third-order valence-electron chi connectivity index (χ3n) is 2.45. The maximum absolute atomic E-state index is 10.5. The SMILES string of the molecule is CC(C)C(C(=O)O)N(C)C=O.CCCCN(C)C. The lowest BCUT2D eigenvalue weighted by Gasteiger charge is -2.23. The molecule has 0 aliphatic heterocycles. The van der Waals surface area contributed by atoms with E-state index in [9.17, 15) is 9.59 Å². The lowest BCUT2D eigenvalue weighted by Crippen LogP contribution is -2.41. The van der Waals surface area contributed by atoms with Crippen molar-refractivity contribution < 1.29 is 14.7 Å². The lowest BCUT2D eigenvalue weighted by atomic mass is 10.0. The fourth-order valence-corrected chi connectivity index (χ4v) is 1.47. The summed E-state index contributed by atoms with van der Waals surface area (Å²) in [5.74, 6) is -1.03. The molecule has 1 amide bonds. The van der Waals surface area contributed by atoms with Crippen LogP contribution < -0.4 is 0 Å². The molecule has 0 saturated carbocycles. The minimum Gasteiger partial charge on any atom is -0.480 e. The first-order valence-electron chi connectivity index (χ1n) is 6.32. The maximum atomic E-state index is 10.5. The molecule has 0 spiro atoms. The van der Waals surface area contributed by atoms with Crippen molar-refractivity contribution in [3.05, 3.63) is 0 Å². The molecule has 0 rings (SSSR count). The van der Waals surface area contributed by atoms with E-state index in [0.29, 0.717) is 6.41 Å². The highest BCUT2D eigenvalue weighted by Gasteiger charge is 2.24. The average Bonchev–Trinajstić information content (AvgIpc) is 2.25. The Kier molecular flexibility index (Phi) is 11.8. The number of carbonyl (C=O) groups is 2. The molecule has 0 saturated heterocycles. The van der Waals surface area contributed by atoms with Gasteiger partial charge in [-0.15, -0.1) is 0 Å². The van der Waals surface area contributed by atoms with Crippen LogP contribution in [-0.4, -0.2) is 61.0 Å². The number of nitrogens with zero attached hydrogens (tertiary/aromatic N) is 2. The zero-order chi connectivity index (χ0) is 14.7. The van der Waals surface area contributed by atoms with Crippen LogP contribution in [-0.2, 0) is 9.59 Å². The first-order valence-corrected chi connectivity index (χ1v) is 6.32. The summed E-state index contributed by atoms with van der Waals surface area (Å²) in [6, 6.07) is -0.715. The van der Waals surface area contributed by atoms with E-state index in [1.54, 1.807) is 13.8 Å². The van der Waals surface area contributed by atoms with Gasteiger partial charge in [0.25, 0.3) is 0 Å². The molecule has 0 aliphatic rings. The number of aliphatic carboxylic acids is 1. The van der Waals surface area contributed by atoms with Gasteiger partial charge < -0.3 is 14.9 Å². The number of amides is 1. The Balaban J connectivity index is 0. The highest BCUT2D eigenvalue weighted by atomic mass is 16.4. The second kappa shape index (κ2) is 11.0. The Morgan fingerprint density at radius 1 is 1.28 bits per heavy atom. The number of hydrogen-bond acceptors (Lipinski definition) is 3. The third-order valence-corrected chi connectivity index (χ3v) is 2.45. The fourth-order valence-electron chi connectivity index (χ4n) is 1.47. The molecule has 5 heteroatoms. The molecule has 0 aromatic rings. The van der Waals surface area contributed by atoms with Crippen LogP contribution in [0.15, 0.2) is 0 Å². The van der Waals surface area contributed by atoms with Gasteiger partial charge in [-0.2, -0.15) is 0 Å². The third kappa shape index (κ3) is 10.1.